The average Bonchev–Trinajstić information content (AvgIpc) is 2.92. The highest BCUT2D eigenvalue weighted by atomic mass is 16.5. The first-order valence-electron chi connectivity index (χ1n) is 8.97. The van der Waals surface area contributed by atoms with Gasteiger partial charge in [-0.1, -0.05) is 12.1 Å². The monoisotopic (exact) mass is 360 g/mol. The smallest absolute Gasteiger partial charge is 0.261 e. The normalized spacial score (nSPS) is 18.7. The first-order chi connectivity index (χ1) is 12.6. The van der Waals surface area contributed by atoms with E-state index in [1.807, 2.05) is 0 Å². The Bertz CT molecular complexity index is 662. The summed E-state index contributed by atoms with van der Waals surface area (Å²) < 4.78 is 5.31. The number of rotatable bonds is 7. The van der Waals surface area contributed by atoms with Crippen LogP contribution in [0.15, 0.2) is 24.3 Å². The molecule has 0 saturated carbocycles. The van der Waals surface area contributed by atoms with Crippen LogP contribution >= 0.6 is 0 Å². The van der Waals surface area contributed by atoms with Gasteiger partial charge < -0.3 is 15.2 Å². The average molecular weight is 360 g/mol. The van der Waals surface area contributed by atoms with E-state index in [9.17, 15) is 19.5 Å². The number of fused-ring (bicyclic) bond motifs is 1. The number of nitrogens with one attached hydrogen (secondary N) is 1. The van der Waals surface area contributed by atoms with E-state index in [2.05, 4.69) is 5.32 Å². The maximum atomic E-state index is 12.3. The summed E-state index contributed by atoms with van der Waals surface area (Å²) in [5.74, 6) is -0.735. The molecule has 0 aromatic heterocycles. The minimum Gasteiger partial charge on any atom is -0.396 e. The third-order valence-corrected chi connectivity index (χ3v) is 5.21. The van der Waals surface area contributed by atoms with Crippen LogP contribution in [-0.4, -0.2) is 60.6 Å². The predicted molar refractivity (Wildman–Crippen MR) is 93.6 cm³/mol. The summed E-state index contributed by atoms with van der Waals surface area (Å²) in [4.78, 5) is 37.8. The van der Waals surface area contributed by atoms with Crippen molar-refractivity contribution < 1.29 is 24.2 Å². The molecule has 0 unspecified atom stereocenters. The van der Waals surface area contributed by atoms with Gasteiger partial charge in [0, 0.05) is 38.1 Å². The fourth-order valence-corrected chi connectivity index (χ4v) is 3.41. The molecular formula is C19H24N2O5. The van der Waals surface area contributed by atoms with Gasteiger partial charge in [0.15, 0.2) is 0 Å². The largest absolute Gasteiger partial charge is 0.396 e. The molecule has 2 N–H and O–H groups in total. The van der Waals surface area contributed by atoms with Gasteiger partial charge in [0.25, 0.3) is 11.8 Å². The predicted octanol–water partition coefficient (Wildman–Crippen LogP) is 0.968. The van der Waals surface area contributed by atoms with Gasteiger partial charge in [-0.2, -0.15) is 0 Å². The topological polar surface area (TPSA) is 95.9 Å². The molecule has 26 heavy (non-hydrogen) atoms. The van der Waals surface area contributed by atoms with Crippen molar-refractivity contribution in [1.29, 1.82) is 0 Å². The summed E-state index contributed by atoms with van der Waals surface area (Å²) in [6.45, 7) is 1.84. The third-order valence-electron chi connectivity index (χ3n) is 5.21. The van der Waals surface area contributed by atoms with Gasteiger partial charge in [-0.15, -0.1) is 0 Å². The van der Waals surface area contributed by atoms with Crippen molar-refractivity contribution >= 4 is 17.7 Å². The second-order valence-corrected chi connectivity index (χ2v) is 6.96. The summed E-state index contributed by atoms with van der Waals surface area (Å²) in [5, 5.41) is 12.5. The van der Waals surface area contributed by atoms with E-state index in [0.717, 1.165) is 12.8 Å². The summed E-state index contributed by atoms with van der Waals surface area (Å²) >= 11 is 0. The number of imide groups is 1. The Labute approximate surface area is 152 Å². The van der Waals surface area contributed by atoms with Gasteiger partial charge in [-0.3, -0.25) is 19.3 Å². The number of hydrogen-bond donors (Lipinski definition) is 2. The molecule has 1 aromatic carbocycles. The molecular weight excluding hydrogens is 336 g/mol. The Morgan fingerprint density at radius 2 is 1.77 bits per heavy atom. The lowest BCUT2D eigenvalue weighted by Crippen LogP contribution is -2.43. The Balaban J connectivity index is 1.44. The van der Waals surface area contributed by atoms with E-state index >= 15 is 0 Å². The number of aliphatic hydroxyl groups is 1. The molecule has 0 aliphatic carbocycles. The minimum atomic E-state index is -0.309. The molecule has 3 rings (SSSR count). The van der Waals surface area contributed by atoms with Crippen molar-refractivity contribution in [3.8, 4) is 0 Å². The Kier molecular flexibility index (Phi) is 5.68. The zero-order valence-electron chi connectivity index (χ0n) is 14.7. The maximum absolute atomic E-state index is 12.3. The molecule has 0 radical (unpaired) electrons. The van der Waals surface area contributed by atoms with E-state index in [1.54, 1.807) is 24.3 Å². The lowest BCUT2D eigenvalue weighted by molar-refractivity contribution is -0.122. The Morgan fingerprint density at radius 1 is 1.15 bits per heavy atom. The van der Waals surface area contributed by atoms with Crippen molar-refractivity contribution in [2.24, 2.45) is 5.41 Å². The number of carbonyl (C=O) groups is 3. The molecule has 0 spiro atoms. The molecule has 1 saturated heterocycles. The van der Waals surface area contributed by atoms with Gasteiger partial charge in [-0.25, -0.2) is 0 Å². The molecule has 0 bridgehead atoms. The highest BCUT2D eigenvalue weighted by molar-refractivity contribution is 6.21. The van der Waals surface area contributed by atoms with Crippen LogP contribution in [0.4, 0.5) is 0 Å². The van der Waals surface area contributed by atoms with Crippen LogP contribution in [0.3, 0.4) is 0 Å². The zero-order valence-corrected chi connectivity index (χ0v) is 14.7. The van der Waals surface area contributed by atoms with E-state index in [1.165, 1.54) is 4.90 Å². The molecule has 7 heteroatoms. The van der Waals surface area contributed by atoms with E-state index in [0.29, 0.717) is 37.3 Å². The summed E-state index contributed by atoms with van der Waals surface area (Å²) in [7, 11) is 0. The fourth-order valence-electron chi connectivity index (χ4n) is 3.41. The second-order valence-electron chi connectivity index (χ2n) is 6.96. The van der Waals surface area contributed by atoms with Crippen LogP contribution < -0.4 is 5.32 Å². The fraction of sp³-hybridized carbons (Fsp3) is 0.526. The number of ether oxygens (including phenoxy) is 1. The van der Waals surface area contributed by atoms with Gasteiger partial charge in [-0.05, 0) is 31.4 Å². The Hall–Kier alpha value is -2.25. The van der Waals surface area contributed by atoms with Gasteiger partial charge >= 0.3 is 0 Å². The summed E-state index contributed by atoms with van der Waals surface area (Å²) in [5.41, 5.74) is 0.536. The number of benzene rings is 1. The van der Waals surface area contributed by atoms with Gasteiger partial charge in [0.05, 0.1) is 17.7 Å². The third kappa shape index (κ3) is 3.78. The van der Waals surface area contributed by atoms with Crippen molar-refractivity contribution in [3.63, 3.8) is 0 Å². The maximum Gasteiger partial charge on any atom is 0.261 e. The van der Waals surface area contributed by atoms with Crippen LogP contribution in [0.25, 0.3) is 0 Å². The van der Waals surface area contributed by atoms with Crippen LogP contribution in [0.1, 0.15) is 46.4 Å². The SMILES string of the molecule is O=C(CCCN1C(=O)c2ccccc2C1=O)NCC1(CO)CCOCC1. The highest BCUT2D eigenvalue weighted by Gasteiger charge is 2.35. The van der Waals surface area contributed by atoms with Crippen molar-refractivity contribution in [3.05, 3.63) is 35.4 Å². The summed E-state index contributed by atoms with van der Waals surface area (Å²) in [6.07, 6.45) is 2.08. The standard InChI is InChI=1S/C19H24N2O5/c22-13-19(7-10-26-11-8-19)12-20-16(23)6-3-9-21-17(24)14-4-1-2-5-15(14)18(21)25/h1-2,4-5,22H,3,6-13H2,(H,20,23). The molecule has 0 atom stereocenters. The van der Waals surface area contributed by atoms with Crippen molar-refractivity contribution in [2.45, 2.75) is 25.7 Å². The first-order valence-corrected chi connectivity index (χ1v) is 8.97. The molecule has 2 aliphatic rings. The van der Waals surface area contributed by atoms with E-state index in [4.69, 9.17) is 4.74 Å². The van der Waals surface area contributed by atoms with Gasteiger partial charge in [0.2, 0.25) is 5.91 Å². The molecule has 140 valence electrons. The highest BCUT2D eigenvalue weighted by Crippen LogP contribution is 2.29. The molecule has 1 aromatic rings. The lowest BCUT2D eigenvalue weighted by atomic mass is 9.81. The Morgan fingerprint density at radius 3 is 2.35 bits per heavy atom. The zero-order chi connectivity index (χ0) is 18.6. The molecule has 2 heterocycles. The number of amides is 3. The molecule has 3 amide bonds. The molecule has 1 fully saturated rings. The molecule has 7 nitrogen and oxygen atoms in total. The minimum absolute atomic E-state index is 0.0195. The van der Waals surface area contributed by atoms with Crippen molar-refractivity contribution in [2.75, 3.05) is 32.9 Å². The van der Waals surface area contributed by atoms with Crippen LogP contribution in [0.5, 0.6) is 0 Å². The van der Waals surface area contributed by atoms with Gasteiger partial charge in [0.1, 0.15) is 0 Å². The van der Waals surface area contributed by atoms with E-state index < -0.39 is 0 Å². The summed E-state index contributed by atoms with van der Waals surface area (Å²) in [6, 6.07) is 6.75. The van der Waals surface area contributed by atoms with E-state index in [-0.39, 0.29) is 42.7 Å². The molecule has 2 aliphatic heterocycles. The quantitative estimate of drug-likeness (QED) is 0.707. The lowest BCUT2D eigenvalue weighted by Gasteiger charge is -2.35. The second kappa shape index (κ2) is 7.97. The first kappa shape index (κ1) is 18.5. The van der Waals surface area contributed by atoms with Crippen LogP contribution in [-0.2, 0) is 9.53 Å². The van der Waals surface area contributed by atoms with Crippen LogP contribution in [0, 0.1) is 5.41 Å². The van der Waals surface area contributed by atoms with Crippen molar-refractivity contribution in [1.82, 2.24) is 10.2 Å². The van der Waals surface area contributed by atoms with Crippen LogP contribution in [0.2, 0.25) is 0 Å². The number of aliphatic hydroxyl groups excluding tert-OH is 1. The number of carbonyl (C=O) groups excluding carboxylic acids is 3. The number of hydrogen-bond acceptors (Lipinski definition) is 5. The number of nitrogens with zero attached hydrogens (tertiary/aromatic N) is 1.